The van der Waals surface area contributed by atoms with Crippen molar-refractivity contribution in [2.24, 2.45) is 0 Å². The molecule has 1 rings (SSSR count). The fourth-order valence-electron chi connectivity index (χ4n) is 1.10. The van der Waals surface area contributed by atoms with Crippen molar-refractivity contribution in [3.05, 3.63) is 16.1 Å². The van der Waals surface area contributed by atoms with Crippen LogP contribution in [0.1, 0.15) is 30.2 Å². The predicted molar refractivity (Wildman–Crippen MR) is 59.5 cm³/mol. The maximum Gasteiger partial charge on any atom is 0.0925 e. The lowest BCUT2D eigenvalue weighted by atomic mass is 10.3. The maximum atomic E-state index is 9.31. The van der Waals surface area contributed by atoms with Gasteiger partial charge in [0.15, 0.2) is 0 Å². The van der Waals surface area contributed by atoms with Crippen molar-refractivity contribution in [3.63, 3.8) is 0 Å². The number of hydrogen-bond acceptors (Lipinski definition) is 4. The van der Waals surface area contributed by atoms with Gasteiger partial charge >= 0.3 is 0 Å². The van der Waals surface area contributed by atoms with Gasteiger partial charge in [0.2, 0.25) is 0 Å². The van der Waals surface area contributed by atoms with Crippen LogP contribution in [-0.4, -0.2) is 22.7 Å². The van der Waals surface area contributed by atoms with Crippen LogP contribution in [0.2, 0.25) is 0 Å². The van der Waals surface area contributed by atoms with E-state index in [0.29, 0.717) is 6.54 Å². The molecule has 4 heteroatoms. The Kier molecular flexibility index (Phi) is 5.07. The Morgan fingerprint density at radius 1 is 1.57 bits per heavy atom. The number of aromatic nitrogens is 1. The second kappa shape index (κ2) is 6.11. The van der Waals surface area contributed by atoms with Gasteiger partial charge in [-0.05, 0) is 12.8 Å². The Labute approximate surface area is 89.2 Å². The number of nitrogens with one attached hydrogen (secondary N) is 1. The number of aliphatic hydroxyl groups excluding tert-OH is 1. The standard InChI is InChI=1S/C10H18N2OS/c1-3-8(13)5-11-6-9-7-12-10(4-2)14-9/h7-8,11,13H,3-6H2,1-2H3. The van der Waals surface area contributed by atoms with Crippen molar-refractivity contribution in [2.75, 3.05) is 6.54 Å². The van der Waals surface area contributed by atoms with E-state index in [9.17, 15) is 5.11 Å². The van der Waals surface area contributed by atoms with E-state index in [1.165, 1.54) is 9.88 Å². The first kappa shape index (κ1) is 11.6. The van der Waals surface area contributed by atoms with Gasteiger partial charge < -0.3 is 10.4 Å². The molecule has 1 unspecified atom stereocenters. The first-order chi connectivity index (χ1) is 6.76. The topological polar surface area (TPSA) is 45.2 Å². The minimum atomic E-state index is -0.228. The molecule has 0 aromatic carbocycles. The lowest BCUT2D eigenvalue weighted by Gasteiger charge is -2.07. The van der Waals surface area contributed by atoms with E-state index in [4.69, 9.17) is 0 Å². The van der Waals surface area contributed by atoms with E-state index in [1.54, 1.807) is 11.3 Å². The van der Waals surface area contributed by atoms with E-state index in [-0.39, 0.29) is 6.10 Å². The summed E-state index contributed by atoms with van der Waals surface area (Å²) in [5.41, 5.74) is 0. The highest BCUT2D eigenvalue weighted by molar-refractivity contribution is 7.11. The van der Waals surface area contributed by atoms with Gasteiger partial charge in [0.25, 0.3) is 0 Å². The third kappa shape index (κ3) is 3.74. The first-order valence-electron chi connectivity index (χ1n) is 5.08. The minimum Gasteiger partial charge on any atom is -0.392 e. The predicted octanol–water partition coefficient (Wildman–Crippen LogP) is 1.57. The number of thiazole rings is 1. The molecule has 14 heavy (non-hydrogen) atoms. The third-order valence-electron chi connectivity index (χ3n) is 2.05. The molecule has 0 aliphatic heterocycles. The normalized spacial score (nSPS) is 13.1. The van der Waals surface area contributed by atoms with Crippen molar-refractivity contribution in [2.45, 2.75) is 39.3 Å². The minimum absolute atomic E-state index is 0.228. The molecular formula is C10H18N2OS. The van der Waals surface area contributed by atoms with Gasteiger partial charge in [-0.2, -0.15) is 0 Å². The highest BCUT2D eigenvalue weighted by atomic mass is 32.1. The molecule has 0 radical (unpaired) electrons. The summed E-state index contributed by atoms with van der Waals surface area (Å²) in [5.74, 6) is 0. The van der Waals surface area contributed by atoms with Gasteiger partial charge in [0.1, 0.15) is 0 Å². The molecule has 0 spiro atoms. The molecule has 3 nitrogen and oxygen atoms in total. The van der Waals surface area contributed by atoms with Crippen molar-refractivity contribution < 1.29 is 5.11 Å². The Hall–Kier alpha value is -0.450. The Morgan fingerprint density at radius 3 is 2.93 bits per heavy atom. The van der Waals surface area contributed by atoms with Crippen LogP contribution in [0.4, 0.5) is 0 Å². The summed E-state index contributed by atoms with van der Waals surface area (Å²) in [5, 5.41) is 13.7. The largest absolute Gasteiger partial charge is 0.392 e. The van der Waals surface area contributed by atoms with Crippen molar-refractivity contribution in [1.82, 2.24) is 10.3 Å². The summed E-state index contributed by atoms with van der Waals surface area (Å²) in [7, 11) is 0. The molecule has 80 valence electrons. The van der Waals surface area contributed by atoms with Crippen molar-refractivity contribution in [3.8, 4) is 0 Å². The van der Waals surface area contributed by atoms with Crippen LogP contribution in [-0.2, 0) is 13.0 Å². The zero-order valence-corrected chi connectivity index (χ0v) is 9.60. The van der Waals surface area contributed by atoms with Crippen LogP contribution in [0.15, 0.2) is 6.20 Å². The number of rotatable bonds is 6. The van der Waals surface area contributed by atoms with Gasteiger partial charge in [-0.15, -0.1) is 11.3 Å². The molecule has 0 bridgehead atoms. The third-order valence-corrected chi connectivity index (χ3v) is 3.20. The molecule has 0 saturated heterocycles. The fraction of sp³-hybridized carbons (Fsp3) is 0.700. The first-order valence-corrected chi connectivity index (χ1v) is 5.90. The molecule has 0 saturated carbocycles. The molecular weight excluding hydrogens is 196 g/mol. The summed E-state index contributed by atoms with van der Waals surface area (Å²) in [6.07, 6.45) is 3.49. The van der Waals surface area contributed by atoms with E-state index in [1.807, 2.05) is 13.1 Å². The summed E-state index contributed by atoms with van der Waals surface area (Å²) in [6.45, 7) is 5.57. The van der Waals surface area contributed by atoms with Gasteiger partial charge in [0, 0.05) is 24.2 Å². The number of aryl methyl sites for hydroxylation is 1. The highest BCUT2D eigenvalue weighted by Crippen LogP contribution is 2.12. The molecule has 1 aromatic rings. The molecule has 1 aromatic heterocycles. The van der Waals surface area contributed by atoms with Crippen LogP contribution in [0.5, 0.6) is 0 Å². The summed E-state index contributed by atoms with van der Waals surface area (Å²) in [6, 6.07) is 0. The van der Waals surface area contributed by atoms with Crippen LogP contribution >= 0.6 is 11.3 Å². The zero-order valence-electron chi connectivity index (χ0n) is 8.79. The number of aliphatic hydroxyl groups is 1. The van der Waals surface area contributed by atoms with Crippen molar-refractivity contribution >= 4 is 11.3 Å². The molecule has 0 amide bonds. The lowest BCUT2D eigenvalue weighted by molar-refractivity contribution is 0.167. The Morgan fingerprint density at radius 2 is 2.36 bits per heavy atom. The molecule has 2 N–H and O–H groups in total. The quantitative estimate of drug-likeness (QED) is 0.755. The fourth-order valence-corrected chi connectivity index (χ4v) is 1.93. The number of hydrogen-bond donors (Lipinski definition) is 2. The van der Waals surface area contributed by atoms with Gasteiger partial charge in [0.05, 0.1) is 11.1 Å². The highest BCUT2D eigenvalue weighted by Gasteiger charge is 2.02. The summed E-state index contributed by atoms with van der Waals surface area (Å²) < 4.78 is 0. The van der Waals surface area contributed by atoms with E-state index >= 15 is 0 Å². The Bertz CT molecular complexity index is 262. The monoisotopic (exact) mass is 214 g/mol. The van der Waals surface area contributed by atoms with Crippen LogP contribution < -0.4 is 5.32 Å². The van der Waals surface area contributed by atoms with E-state index in [2.05, 4.69) is 17.2 Å². The SMILES string of the molecule is CCc1ncc(CNCC(O)CC)s1. The second-order valence-electron chi connectivity index (χ2n) is 3.27. The van der Waals surface area contributed by atoms with Gasteiger partial charge in [-0.1, -0.05) is 13.8 Å². The van der Waals surface area contributed by atoms with E-state index < -0.39 is 0 Å². The average molecular weight is 214 g/mol. The molecule has 0 aliphatic carbocycles. The zero-order chi connectivity index (χ0) is 10.4. The molecule has 0 fully saturated rings. The van der Waals surface area contributed by atoms with Crippen molar-refractivity contribution in [1.29, 1.82) is 0 Å². The maximum absolute atomic E-state index is 9.31. The molecule has 0 aliphatic rings. The molecule has 1 atom stereocenters. The van der Waals surface area contributed by atoms with Crippen LogP contribution in [0, 0.1) is 0 Å². The van der Waals surface area contributed by atoms with Crippen LogP contribution in [0.3, 0.4) is 0 Å². The summed E-state index contributed by atoms with van der Waals surface area (Å²) in [4.78, 5) is 5.51. The molecule has 1 heterocycles. The smallest absolute Gasteiger partial charge is 0.0925 e. The Balaban J connectivity index is 2.24. The summed E-state index contributed by atoms with van der Waals surface area (Å²) >= 11 is 1.74. The lowest BCUT2D eigenvalue weighted by Crippen LogP contribution is -2.25. The van der Waals surface area contributed by atoms with Gasteiger partial charge in [-0.25, -0.2) is 4.98 Å². The second-order valence-corrected chi connectivity index (χ2v) is 4.47. The van der Waals surface area contributed by atoms with Gasteiger partial charge in [-0.3, -0.25) is 0 Å². The number of nitrogens with zero attached hydrogens (tertiary/aromatic N) is 1. The van der Waals surface area contributed by atoms with Crippen LogP contribution in [0.25, 0.3) is 0 Å². The van der Waals surface area contributed by atoms with E-state index in [0.717, 1.165) is 19.4 Å². The average Bonchev–Trinajstić information content (AvgIpc) is 2.65.